The van der Waals surface area contributed by atoms with E-state index in [2.05, 4.69) is 4.72 Å². The van der Waals surface area contributed by atoms with Gasteiger partial charge in [-0.1, -0.05) is 12.8 Å². The Morgan fingerprint density at radius 3 is 2.45 bits per heavy atom. The molecule has 0 amide bonds. The second-order valence-electron chi connectivity index (χ2n) is 5.32. The van der Waals surface area contributed by atoms with Crippen LogP contribution in [0.25, 0.3) is 0 Å². The lowest BCUT2D eigenvalue weighted by atomic mass is 10.0. The zero-order valence-electron chi connectivity index (χ0n) is 11.0. The molecule has 0 unspecified atom stereocenters. The first kappa shape index (κ1) is 14.9. The lowest BCUT2D eigenvalue weighted by molar-refractivity contribution is 0.0696. The van der Waals surface area contributed by atoms with Crippen LogP contribution in [0.3, 0.4) is 0 Å². The maximum Gasteiger partial charge on any atom is 0.335 e. The van der Waals surface area contributed by atoms with Gasteiger partial charge in [-0.3, -0.25) is 0 Å². The highest BCUT2D eigenvalue weighted by Crippen LogP contribution is 2.31. The van der Waals surface area contributed by atoms with Gasteiger partial charge in [0.1, 0.15) is 10.7 Å². The lowest BCUT2D eigenvalue weighted by Gasteiger charge is -2.25. The first-order chi connectivity index (χ1) is 9.23. The van der Waals surface area contributed by atoms with Crippen molar-refractivity contribution in [1.82, 2.24) is 4.72 Å². The molecule has 0 aromatic heterocycles. The Bertz CT molecular complexity index is 636. The summed E-state index contributed by atoms with van der Waals surface area (Å²) in [7, 11) is -3.99. The van der Waals surface area contributed by atoms with E-state index in [1.807, 2.05) is 0 Å². The number of benzene rings is 1. The Hall–Kier alpha value is -1.47. The molecule has 0 heterocycles. The highest BCUT2D eigenvalue weighted by Gasteiger charge is 2.34. The fourth-order valence-corrected chi connectivity index (χ4v) is 4.01. The van der Waals surface area contributed by atoms with Gasteiger partial charge in [-0.25, -0.2) is 22.3 Å². The summed E-state index contributed by atoms with van der Waals surface area (Å²) in [6.45, 7) is 1.79. The second kappa shape index (κ2) is 5.14. The number of sulfonamides is 1. The van der Waals surface area contributed by atoms with Crippen LogP contribution >= 0.6 is 0 Å². The van der Waals surface area contributed by atoms with Crippen LogP contribution in [0.1, 0.15) is 43.0 Å². The van der Waals surface area contributed by atoms with E-state index in [-0.39, 0.29) is 5.56 Å². The predicted molar refractivity (Wildman–Crippen MR) is 70.6 cm³/mol. The molecule has 20 heavy (non-hydrogen) atoms. The SMILES string of the molecule is CC1(NS(=O)(=O)c2ccc(C(=O)O)cc2F)CCCC1. The number of hydrogen-bond acceptors (Lipinski definition) is 3. The van der Waals surface area contributed by atoms with E-state index >= 15 is 0 Å². The third kappa shape index (κ3) is 2.99. The average Bonchev–Trinajstić information content (AvgIpc) is 2.74. The zero-order chi connectivity index (χ0) is 15.0. The average molecular weight is 301 g/mol. The third-order valence-electron chi connectivity index (χ3n) is 3.56. The molecule has 5 nitrogen and oxygen atoms in total. The van der Waals surface area contributed by atoms with Gasteiger partial charge in [0.25, 0.3) is 0 Å². The van der Waals surface area contributed by atoms with Crippen LogP contribution in [0, 0.1) is 5.82 Å². The molecule has 0 bridgehead atoms. The maximum absolute atomic E-state index is 13.8. The van der Waals surface area contributed by atoms with Gasteiger partial charge in [0.15, 0.2) is 0 Å². The molecule has 110 valence electrons. The largest absolute Gasteiger partial charge is 0.478 e. The summed E-state index contributed by atoms with van der Waals surface area (Å²) in [4.78, 5) is 10.2. The van der Waals surface area contributed by atoms with Gasteiger partial charge in [0, 0.05) is 5.54 Å². The van der Waals surface area contributed by atoms with Gasteiger partial charge < -0.3 is 5.11 Å². The quantitative estimate of drug-likeness (QED) is 0.892. The number of aromatic carboxylic acids is 1. The van der Waals surface area contributed by atoms with Crippen molar-refractivity contribution >= 4 is 16.0 Å². The Morgan fingerprint density at radius 1 is 1.35 bits per heavy atom. The minimum atomic E-state index is -3.99. The van der Waals surface area contributed by atoms with E-state index in [0.717, 1.165) is 25.0 Å². The summed E-state index contributed by atoms with van der Waals surface area (Å²) < 4.78 is 40.7. The number of carbonyl (C=O) groups is 1. The minimum Gasteiger partial charge on any atom is -0.478 e. The first-order valence-corrected chi connectivity index (χ1v) is 7.79. The monoisotopic (exact) mass is 301 g/mol. The molecule has 1 aromatic carbocycles. The van der Waals surface area contributed by atoms with E-state index in [9.17, 15) is 17.6 Å². The third-order valence-corrected chi connectivity index (χ3v) is 5.23. The van der Waals surface area contributed by atoms with Gasteiger partial charge in [0.2, 0.25) is 10.0 Å². The smallest absolute Gasteiger partial charge is 0.335 e. The summed E-state index contributed by atoms with van der Waals surface area (Å²) in [6.07, 6.45) is 3.28. The van der Waals surface area contributed by atoms with Crippen LogP contribution in [0.5, 0.6) is 0 Å². The summed E-state index contributed by atoms with van der Waals surface area (Å²) in [6, 6.07) is 2.78. The van der Waals surface area contributed by atoms with E-state index < -0.39 is 32.2 Å². The molecule has 1 aliphatic rings. The molecule has 0 aliphatic heterocycles. The van der Waals surface area contributed by atoms with Crippen molar-refractivity contribution in [1.29, 1.82) is 0 Å². The van der Waals surface area contributed by atoms with Gasteiger partial charge in [0.05, 0.1) is 5.56 Å². The second-order valence-corrected chi connectivity index (χ2v) is 6.97. The van der Waals surface area contributed by atoms with E-state index in [0.29, 0.717) is 18.9 Å². The topological polar surface area (TPSA) is 83.5 Å². The fraction of sp³-hybridized carbons (Fsp3) is 0.462. The molecular weight excluding hydrogens is 285 g/mol. The maximum atomic E-state index is 13.8. The number of halogens is 1. The van der Waals surface area contributed by atoms with E-state index in [1.54, 1.807) is 6.92 Å². The Labute approximate surface area is 116 Å². The van der Waals surface area contributed by atoms with Gasteiger partial charge >= 0.3 is 5.97 Å². The predicted octanol–water partition coefficient (Wildman–Crippen LogP) is 2.13. The van der Waals surface area contributed by atoms with E-state index in [1.165, 1.54) is 0 Å². The van der Waals surface area contributed by atoms with Crippen molar-refractivity contribution in [3.05, 3.63) is 29.6 Å². The highest BCUT2D eigenvalue weighted by atomic mass is 32.2. The van der Waals surface area contributed by atoms with Crippen molar-refractivity contribution in [3.8, 4) is 0 Å². The van der Waals surface area contributed by atoms with E-state index in [4.69, 9.17) is 5.11 Å². The van der Waals surface area contributed by atoms with Crippen LogP contribution in [-0.2, 0) is 10.0 Å². The van der Waals surface area contributed by atoms with Gasteiger partial charge in [-0.05, 0) is 38.0 Å². The molecule has 2 rings (SSSR count). The van der Waals surface area contributed by atoms with Crippen LogP contribution in [0.4, 0.5) is 4.39 Å². The zero-order valence-corrected chi connectivity index (χ0v) is 11.8. The molecule has 1 aromatic rings. The number of nitrogens with one attached hydrogen (secondary N) is 1. The van der Waals surface area contributed by atoms with Crippen LogP contribution in [-0.4, -0.2) is 25.0 Å². The fourth-order valence-electron chi connectivity index (χ4n) is 2.49. The standard InChI is InChI=1S/C13H16FNO4S/c1-13(6-2-3-7-13)15-20(18,19)11-5-4-9(12(16)17)8-10(11)14/h4-5,8,15H,2-3,6-7H2,1H3,(H,16,17). The van der Waals surface area contributed by atoms with Crippen LogP contribution < -0.4 is 4.72 Å². The van der Waals surface area contributed by atoms with Crippen molar-refractivity contribution in [3.63, 3.8) is 0 Å². The Balaban J connectivity index is 2.32. The molecule has 0 radical (unpaired) electrons. The summed E-state index contributed by atoms with van der Waals surface area (Å²) in [5.74, 6) is -2.36. The number of hydrogen-bond donors (Lipinski definition) is 2. The number of rotatable bonds is 4. The first-order valence-electron chi connectivity index (χ1n) is 6.30. The normalized spacial score (nSPS) is 18.1. The van der Waals surface area contributed by atoms with Crippen molar-refractivity contribution in [2.45, 2.75) is 43.0 Å². The molecule has 7 heteroatoms. The van der Waals surface area contributed by atoms with Gasteiger partial charge in [-0.15, -0.1) is 0 Å². The number of carboxylic acid groups (broad SMARTS) is 1. The molecule has 2 N–H and O–H groups in total. The molecular formula is C13H16FNO4S. The summed E-state index contributed by atoms with van der Waals surface area (Å²) in [5.41, 5.74) is -0.843. The van der Waals surface area contributed by atoms with Gasteiger partial charge in [-0.2, -0.15) is 0 Å². The van der Waals surface area contributed by atoms with Crippen molar-refractivity contribution < 1.29 is 22.7 Å². The Morgan fingerprint density at radius 2 is 1.95 bits per heavy atom. The Kier molecular flexibility index (Phi) is 3.84. The molecule has 1 fully saturated rings. The molecule has 0 saturated heterocycles. The lowest BCUT2D eigenvalue weighted by Crippen LogP contribution is -2.43. The van der Waals surface area contributed by atoms with Crippen LogP contribution in [0.2, 0.25) is 0 Å². The van der Waals surface area contributed by atoms with Crippen LogP contribution in [0.15, 0.2) is 23.1 Å². The minimum absolute atomic E-state index is 0.284. The molecule has 0 spiro atoms. The highest BCUT2D eigenvalue weighted by molar-refractivity contribution is 7.89. The van der Waals surface area contributed by atoms with Crippen molar-refractivity contribution in [2.75, 3.05) is 0 Å². The molecule has 0 atom stereocenters. The van der Waals surface area contributed by atoms with Crippen molar-refractivity contribution in [2.24, 2.45) is 0 Å². The summed E-state index contributed by atoms with van der Waals surface area (Å²) in [5, 5.41) is 8.74. The molecule has 1 aliphatic carbocycles. The summed E-state index contributed by atoms with van der Waals surface area (Å²) >= 11 is 0. The number of carboxylic acids is 1. The molecule has 1 saturated carbocycles.